The highest BCUT2D eigenvalue weighted by Gasteiger charge is 2.17. The lowest BCUT2D eigenvalue weighted by atomic mass is 9.88. The van der Waals surface area contributed by atoms with E-state index in [-0.39, 0.29) is 6.04 Å². The van der Waals surface area contributed by atoms with Crippen LogP contribution in [0, 0.1) is 0 Å². The summed E-state index contributed by atoms with van der Waals surface area (Å²) in [6, 6.07) is 10.6. The van der Waals surface area contributed by atoms with E-state index in [0.717, 1.165) is 22.4 Å². The highest BCUT2D eigenvalue weighted by molar-refractivity contribution is 9.11. The van der Waals surface area contributed by atoms with Crippen molar-refractivity contribution in [2.45, 2.75) is 31.9 Å². The van der Waals surface area contributed by atoms with Crippen molar-refractivity contribution in [3.8, 4) is 5.75 Å². The first kappa shape index (κ1) is 13.2. The lowest BCUT2D eigenvalue weighted by Gasteiger charge is -2.22. The van der Waals surface area contributed by atoms with E-state index >= 15 is 0 Å². The third-order valence-corrected chi connectivity index (χ3v) is 5.09. The average Bonchev–Trinajstić information content (AvgIpc) is 2.83. The number of thiophene rings is 1. The molecule has 0 bridgehead atoms. The van der Waals surface area contributed by atoms with Gasteiger partial charge in [-0.05, 0) is 70.6 Å². The number of benzene rings is 1. The lowest BCUT2D eigenvalue weighted by Crippen LogP contribution is -2.17. The second-order valence-corrected chi connectivity index (χ2v) is 7.40. The highest BCUT2D eigenvalue weighted by Crippen LogP contribution is 2.31. The molecule has 0 radical (unpaired) electrons. The van der Waals surface area contributed by atoms with Gasteiger partial charge in [0.05, 0.1) is 3.79 Å². The molecule has 0 spiro atoms. The number of fused-ring (bicyclic) bond motifs is 1. The number of nitrogens with two attached hydrogens (primary N) is 1. The van der Waals surface area contributed by atoms with Crippen LogP contribution in [0.25, 0.3) is 0 Å². The van der Waals surface area contributed by atoms with Gasteiger partial charge in [-0.1, -0.05) is 6.07 Å². The van der Waals surface area contributed by atoms with Gasteiger partial charge in [-0.3, -0.25) is 0 Å². The largest absolute Gasteiger partial charge is 0.488 e. The van der Waals surface area contributed by atoms with E-state index in [4.69, 9.17) is 10.5 Å². The van der Waals surface area contributed by atoms with Gasteiger partial charge in [-0.2, -0.15) is 0 Å². The van der Waals surface area contributed by atoms with Crippen LogP contribution in [-0.2, 0) is 13.0 Å². The molecule has 1 atom stereocenters. The quantitative estimate of drug-likeness (QED) is 0.899. The van der Waals surface area contributed by atoms with Gasteiger partial charge < -0.3 is 10.5 Å². The predicted octanol–water partition coefficient (Wildman–Crippen LogP) is 4.43. The van der Waals surface area contributed by atoms with E-state index in [0.29, 0.717) is 6.61 Å². The maximum atomic E-state index is 6.17. The topological polar surface area (TPSA) is 35.2 Å². The molecule has 19 heavy (non-hydrogen) atoms. The van der Waals surface area contributed by atoms with E-state index in [1.54, 1.807) is 11.3 Å². The fourth-order valence-electron chi connectivity index (χ4n) is 2.49. The second-order valence-electron chi connectivity index (χ2n) is 4.85. The van der Waals surface area contributed by atoms with Gasteiger partial charge in [0.25, 0.3) is 0 Å². The van der Waals surface area contributed by atoms with Gasteiger partial charge in [0.2, 0.25) is 0 Å². The summed E-state index contributed by atoms with van der Waals surface area (Å²) in [5.74, 6) is 0.917. The minimum atomic E-state index is 0.170. The van der Waals surface area contributed by atoms with E-state index in [1.807, 2.05) is 6.07 Å². The monoisotopic (exact) mass is 337 g/mol. The van der Waals surface area contributed by atoms with Crippen molar-refractivity contribution < 1.29 is 4.74 Å². The summed E-state index contributed by atoms with van der Waals surface area (Å²) in [4.78, 5) is 1.22. The summed E-state index contributed by atoms with van der Waals surface area (Å²) in [6.07, 6.45) is 3.41. The Hall–Kier alpha value is -0.840. The Kier molecular flexibility index (Phi) is 3.91. The third kappa shape index (κ3) is 3.02. The summed E-state index contributed by atoms with van der Waals surface area (Å²) in [7, 11) is 0. The third-order valence-electron chi connectivity index (χ3n) is 3.49. The molecule has 1 aliphatic rings. The fraction of sp³-hybridized carbons (Fsp3) is 0.333. The van der Waals surface area contributed by atoms with Crippen LogP contribution in [0.1, 0.15) is 34.9 Å². The van der Waals surface area contributed by atoms with Crippen molar-refractivity contribution >= 4 is 27.3 Å². The Morgan fingerprint density at radius 1 is 1.32 bits per heavy atom. The molecule has 2 N–H and O–H groups in total. The number of hydrogen-bond donors (Lipinski definition) is 1. The predicted molar refractivity (Wildman–Crippen MR) is 82.7 cm³/mol. The van der Waals surface area contributed by atoms with Crippen molar-refractivity contribution in [2.24, 2.45) is 5.73 Å². The van der Waals surface area contributed by atoms with Crippen LogP contribution in [0.2, 0.25) is 0 Å². The molecule has 1 aromatic heterocycles. The molecular formula is C15H16BrNOS. The summed E-state index contributed by atoms with van der Waals surface area (Å²) < 4.78 is 6.99. The van der Waals surface area contributed by atoms with Gasteiger partial charge in [0.1, 0.15) is 12.4 Å². The van der Waals surface area contributed by atoms with Gasteiger partial charge in [-0.25, -0.2) is 0 Å². The van der Waals surface area contributed by atoms with Crippen LogP contribution in [0.4, 0.5) is 0 Å². The van der Waals surface area contributed by atoms with Crippen molar-refractivity contribution in [1.29, 1.82) is 0 Å². The Morgan fingerprint density at radius 2 is 2.21 bits per heavy atom. The first-order valence-electron chi connectivity index (χ1n) is 6.48. The Labute approximate surface area is 125 Å². The number of aryl methyl sites for hydroxylation is 1. The molecule has 3 rings (SSSR count). The molecule has 1 aromatic carbocycles. The summed E-state index contributed by atoms with van der Waals surface area (Å²) in [6.45, 7) is 0.615. The molecule has 1 heterocycles. The molecule has 0 aliphatic heterocycles. The molecule has 0 saturated carbocycles. The van der Waals surface area contributed by atoms with Crippen LogP contribution in [0.5, 0.6) is 5.75 Å². The van der Waals surface area contributed by atoms with Gasteiger partial charge in [0, 0.05) is 10.9 Å². The SMILES string of the molecule is N[C@@H]1CCCc2ccc(OCc3ccc(Br)s3)cc21. The smallest absolute Gasteiger partial charge is 0.122 e. The van der Waals surface area contributed by atoms with Crippen LogP contribution in [0.15, 0.2) is 34.1 Å². The first-order valence-corrected chi connectivity index (χ1v) is 8.09. The lowest BCUT2D eigenvalue weighted by molar-refractivity contribution is 0.309. The molecule has 2 nitrogen and oxygen atoms in total. The van der Waals surface area contributed by atoms with Gasteiger partial charge in [-0.15, -0.1) is 11.3 Å². The number of halogens is 1. The normalized spacial score (nSPS) is 18.1. The van der Waals surface area contributed by atoms with Crippen LogP contribution in [0.3, 0.4) is 0 Å². The molecule has 0 unspecified atom stereocenters. The summed E-state index contributed by atoms with van der Waals surface area (Å²) in [5, 5.41) is 0. The zero-order chi connectivity index (χ0) is 13.2. The van der Waals surface area contributed by atoms with Crippen molar-refractivity contribution in [3.63, 3.8) is 0 Å². The van der Waals surface area contributed by atoms with Crippen LogP contribution >= 0.6 is 27.3 Å². The minimum Gasteiger partial charge on any atom is -0.488 e. The van der Waals surface area contributed by atoms with E-state index < -0.39 is 0 Å². The summed E-state index contributed by atoms with van der Waals surface area (Å²) >= 11 is 5.17. The van der Waals surface area contributed by atoms with E-state index in [9.17, 15) is 0 Å². The molecule has 2 aromatic rings. The standard InChI is InChI=1S/C15H16BrNOS/c16-15-7-6-12(19-15)9-18-11-5-4-10-2-1-3-14(17)13(10)8-11/h4-8,14H,1-3,9,17H2/t14-/m1/s1. The molecular weight excluding hydrogens is 322 g/mol. The Bertz CT molecular complexity index is 581. The molecule has 4 heteroatoms. The summed E-state index contributed by atoms with van der Waals surface area (Å²) in [5.41, 5.74) is 8.81. The first-order chi connectivity index (χ1) is 9.22. The molecule has 0 fully saturated rings. The van der Waals surface area contributed by atoms with Crippen molar-refractivity contribution in [3.05, 3.63) is 50.1 Å². The van der Waals surface area contributed by atoms with Gasteiger partial charge in [0.15, 0.2) is 0 Å². The fourth-order valence-corrected chi connectivity index (χ4v) is 3.88. The van der Waals surface area contributed by atoms with E-state index in [2.05, 4.69) is 40.2 Å². The van der Waals surface area contributed by atoms with Crippen molar-refractivity contribution in [2.75, 3.05) is 0 Å². The van der Waals surface area contributed by atoms with Crippen LogP contribution < -0.4 is 10.5 Å². The maximum absolute atomic E-state index is 6.17. The number of ether oxygens (including phenoxy) is 1. The Balaban J connectivity index is 1.73. The van der Waals surface area contributed by atoms with Gasteiger partial charge >= 0.3 is 0 Å². The maximum Gasteiger partial charge on any atom is 0.122 e. The number of hydrogen-bond acceptors (Lipinski definition) is 3. The van der Waals surface area contributed by atoms with E-state index in [1.165, 1.54) is 22.4 Å². The molecule has 0 amide bonds. The zero-order valence-corrected chi connectivity index (χ0v) is 13.0. The minimum absolute atomic E-state index is 0.170. The highest BCUT2D eigenvalue weighted by atomic mass is 79.9. The molecule has 1 aliphatic carbocycles. The Morgan fingerprint density at radius 3 is 3.00 bits per heavy atom. The molecule has 100 valence electrons. The molecule has 0 saturated heterocycles. The zero-order valence-electron chi connectivity index (χ0n) is 10.6. The average molecular weight is 338 g/mol. The van der Waals surface area contributed by atoms with Crippen LogP contribution in [-0.4, -0.2) is 0 Å². The van der Waals surface area contributed by atoms with Crippen molar-refractivity contribution in [1.82, 2.24) is 0 Å². The second kappa shape index (κ2) is 5.65. The number of rotatable bonds is 3.